The van der Waals surface area contributed by atoms with E-state index in [1.54, 1.807) is 0 Å². The molecule has 19 heavy (non-hydrogen) atoms. The maximum atomic E-state index is 10.3. The van der Waals surface area contributed by atoms with Crippen LogP contribution in [-0.4, -0.2) is 17.3 Å². The Labute approximate surface area is 115 Å². The fraction of sp³-hybridized carbons (Fsp3) is 0.625. The van der Waals surface area contributed by atoms with Crippen molar-refractivity contribution >= 4 is 0 Å². The molecule has 2 atom stereocenters. The molecule has 1 aromatic rings. The van der Waals surface area contributed by atoms with E-state index < -0.39 is 6.10 Å². The van der Waals surface area contributed by atoms with E-state index in [0.29, 0.717) is 5.92 Å². The van der Waals surface area contributed by atoms with E-state index in [1.165, 1.54) is 12.8 Å². The third-order valence-electron chi connectivity index (χ3n) is 3.89. The van der Waals surface area contributed by atoms with Gasteiger partial charge in [0.15, 0.2) is 0 Å². The zero-order valence-corrected chi connectivity index (χ0v) is 11.9. The molecule has 0 amide bonds. The highest BCUT2D eigenvalue weighted by molar-refractivity contribution is 5.29. The molecular formula is C16H25NO2. The van der Waals surface area contributed by atoms with Crippen molar-refractivity contribution in [1.29, 1.82) is 0 Å². The molecule has 0 unspecified atom stereocenters. The lowest BCUT2D eigenvalue weighted by Gasteiger charge is -2.24. The zero-order chi connectivity index (χ0) is 13.8. The molecule has 1 fully saturated rings. The molecule has 0 aromatic heterocycles. The molecule has 1 aliphatic rings. The number of aliphatic hydroxyl groups excluding tert-OH is 1. The van der Waals surface area contributed by atoms with Crippen molar-refractivity contribution in [2.24, 2.45) is 11.7 Å². The molecule has 1 saturated carbocycles. The molecule has 0 saturated heterocycles. The third kappa shape index (κ3) is 3.71. The van der Waals surface area contributed by atoms with Crippen LogP contribution in [0.3, 0.4) is 0 Å². The maximum absolute atomic E-state index is 10.3. The SMILES string of the molecule is CC(C)Oc1ccc([C@@H](N)[C@@H](O)C2CCCC2)cc1. The summed E-state index contributed by atoms with van der Waals surface area (Å²) in [5, 5.41) is 10.3. The van der Waals surface area contributed by atoms with Gasteiger partial charge in [0.25, 0.3) is 0 Å². The minimum absolute atomic E-state index is 0.170. The summed E-state index contributed by atoms with van der Waals surface area (Å²) in [5.41, 5.74) is 7.16. The first-order valence-electron chi connectivity index (χ1n) is 7.28. The Kier molecular flexibility index (Phi) is 4.83. The van der Waals surface area contributed by atoms with Crippen molar-refractivity contribution in [2.45, 2.75) is 57.8 Å². The van der Waals surface area contributed by atoms with Crippen LogP contribution in [0.25, 0.3) is 0 Å². The van der Waals surface area contributed by atoms with Crippen molar-refractivity contribution in [3.8, 4) is 5.75 Å². The average molecular weight is 263 g/mol. The Balaban J connectivity index is 2.00. The van der Waals surface area contributed by atoms with Gasteiger partial charge in [-0.2, -0.15) is 0 Å². The molecule has 0 spiro atoms. The molecule has 0 heterocycles. The van der Waals surface area contributed by atoms with Gasteiger partial charge in [-0.1, -0.05) is 25.0 Å². The Bertz CT molecular complexity index is 382. The van der Waals surface area contributed by atoms with Gasteiger partial charge < -0.3 is 15.6 Å². The summed E-state index contributed by atoms with van der Waals surface area (Å²) in [6.45, 7) is 4.01. The van der Waals surface area contributed by atoms with Gasteiger partial charge in [-0.05, 0) is 50.3 Å². The quantitative estimate of drug-likeness (QED) is 0.858. The highest BCUT2D eigenvalue weighted by Gasteiger charge is 2.28. The van der Waals surface area contributed by atoms with Crippen LogP contribution in [-0.2, 0) is 0 Å². The van der Waals surface area contributed by atoms with Crippen molar-refractivity contribution in [2.75, 3.05) is 0 Å². The van der Waals surface area contributed by atoms with Crippen LogP contribution in [0.4, 0.5) is 0 Å². The third-order valence-corrected chi connectivity index (χ3v) is 3.89. The van der Waals surface area contributed by atoms with Gasteiger partial charge in [0.05, 0.1) is 18.2 Å². The van der Waals surface area contributed by atoms with E-state index in [9.17, 15) is 5.11 Å². The highest BCUT2D eigenvalue weighted by Crippen LogP contribution is 2.32. The second-order valence-electron chi connectivity index (χ2n) is 5.80. The topological polar surface area (TPSA) is 55.5 Å². The largest absolute Gasteiger partial charge is 0.491 e. The number of ether oxygens (including phenoxy) is 1. The summed E-state index contributed by atoms with van der Waals surface area (Å²) >= 11 is 0. The fourth-order valence-electron chi connectivity index (χ4n) is 2.83. The van der Waals surface area contributed by atoms with Gasteiger partial charge >= 0.3 is 0 Å². The molecule has 106 valence electrons. The molecular weight excluding hydrogens is 238 g/mol. The predicted molar refractivity (Wildman–Crippen MR) is 77.1 cm³/mol. The lowest BCUT2D eigenvalue weighted by Crippen LogP contribution is -2.31. The van der Waals surface area contributed by atoms with Crippen molar-refractivity contribution in [1.82, 2.24) is 0 Å². The van der Waals surface area contributed by atoms with Gasteiger partial charge in [-0.15, -0.1) is 0 Å². The second-order valence-corrected chi connectivity index (χ2v) is 5.80. The summed E-state index contributed by atoms with van der Waals surface area (Å²) in [4.78, 5) is 0. The Morgan fingerprint density at radius 2 is 1.74 bits per heavy atom. The van der Waals surface area contributed by atoms with Crippen LogP contribution in [0.2, 0.25) is 0 Å². The molecule has 3 N–H and O–H groups in total. The summed E-state index contributed by atoms with van der Waals surface area (Å²) in [6.07, 6.45) is 4.38. The average Bonchev–Trinajstić information content (AvgIpc) is 2.91. The van der Waals surface area contributed by atoms with Crippen LogP contribution in [0, 0.1) is 5.92 Å². The second kappa shape index (κ2) is 6.40. The Hall–Kier alpha value is -1.06. The first kappa shape index (κ1) is 14.4. The monoisotopic (exact) mass is 263 g/mol. The van der Waals surface area contributed by atoms with Crippen molar-refractivity contribution < 1.29 is 9.84 Å². The molecule has 2 rings (SSSR count). The van der Waals surface area contributed by atoms with Gasteiger partial charge in [0.1, 0.15) is 5.75 Å². The van der Waals surface area contributed by atoms with Crippen LogP contribution in [0.15, 0.2) is 24.3 Å². The van der Waals surface area contributed by atoms with Gasteiger partial charge in [0.2, 0.25) is 0 Å². The number of benzene rings is 1. The number of rotatable bonds is 5. The smallest absolute Gasteiger partial charge is 0.119 e. The van der Waals surface area contributed by atoms with E-state index in [-0.39, 0.29) is 12.1 Å². The minimum Gasteiger partial charge on any atom is -0.491 e. The van der Waals surface area contributed by atoms with Crippen LogP contribution in [0.5, 0.6) is 5.75 Å². The molecule has 0 aliphatic heterocycles. The zero-order valence-electron chi connectivity index (χ0n) is 11.9. The number of nitrogens with two attached hydrogens (primary N) is 1. The van der Waals surface area contributed by atoms with Gasteiger partial charge in [-0.3, -0.25) is 0 Å². The standard InChI is InChI=1S/C16H25NO2/c1-11(2)19-14-9-7-12(8-10-14)15(17)16(18)13-5-3-4-6-13/h7-11,13,15-16,18H,3-6,17H2,1-2H3/t15-,16+/m1/s1. The van der Waals surface area contributed by atoms with Gasteiger partial charge in [0, 0.05) is 0 Å². The fourth-order valence-corrected chi connectivity index (χ4v) is 2.83. The molecule has 1 aromatic carbocycles. The Morgan fingerprint density at radius 1 is 1.16 bits per heavy atom. The number of hydrogen-bond donors (Lipinski definition) is 2. The van der Waals surface area contributed by atoms with Gasteiger partial charge in [-0.25, -0.2) is 0 Å². The minimum atomic E-state index is -0.431. The molecule has 3 heteroatoms. The molecule has 3 nitrogen and oxygen atoms in total. The number of hydrogen-bond acceptors (Lipinski definition) is 3. The lowest BCUT2D eigenvalue weighted by molar-refractivity contribution is 0.0844. The molecule has 1 aliphatic carbocycles. The number of aliphatic hydroxyl groups is 1. The summed E-state index contributed by atoms with van der Waals surface area (Å²) < 4.78 is 5.61. The highest BCUT2D eigenvalue weighted by atomic mass is 16.5. The maximum Gasteiger partial charge on any atom is 0.119 e. The molecule has 0 radical (unpaired) electrons. The van der Waals surface area contributed by atoms with E-state index >= 15 is 0 Å². The normalized spacial score (nSPS) is 19.6. The summed E-state index contributed by atoms with van der Waals surface area (Å²) in [6, 6.07) is 7.48. The first-order valence-corrected chi connectivity index (χ1v) is 7.28. The van der Waals surface area contributed by atoms with Crippen LogP contribution in [0.1, 0.15) is 51.1 Å². The molecule has 0 bridgehead atoms. The summed E-state index contributed by atoms with van der Waals surface area (Å²) in [5.74, 6) is 1.21. The van der Waals surface area contributed by atoms with E-state index in [0.717, 1.165) is 24.2 Å². The van der Waals surface area contributed by atoms with Crippen LogP contribution < -0.4 is 10.5 Å². The Morgan fingerprint density at radius 3 is 2.26 bits per heavy atom. The van der Waals surface area contributed by atoms with Crippen molar-refractivity contribution in [3.63, 3.8) is 0 Å². The van der Waals surface area contributed by atoms with E-state index in [1.807, 2.05) is 38.1 Å². The van der Waals surface area contributed by atoms with E-state index in [2.05, 4.69) is 0 Å². The summed E-state index contributed by atoms with van der Waals surface area (Å²) in [7, 11) is 0. The van der Waals surface area contributed by atoms with Crippen molar-refractivity contribution in [3.05, 3.63) is 29.8 Å². The first-order chi connectivity index (χ1) is 9.08. The lowest BCUT2D eigenvalue weighted by atomic mass is 9.91. The van der Waals surface area contributed by atoms with E-state index in [4.69, 9.17) is 10.5 Å². The predicted octanol–water partition coefficient (Wildman–Crippen LogP) is 3.02. The van der Waals surface area contributed by atoms with Crippen LogP contribution >= 0.6 is 0 Å².